The second kappa shape index (κ2) is 7.43. The Labute approximate surface area is 121 Å². The van der Waals surface area contributed by atoms with E-state index in [1.165, 1.54) is 32.1 Å². The van der Waals surface area contributed by atoms with Crippen molar-refractivity contribution in [3.05, 3.63) is 11.4 Å². The van der Waals surface area contributed by atoms with Gasteiger partial charge in [-0.1, -0.05) is 26.2 Å². The summed E-state index contributed by atoms with van der Waals surface area (Å²) in [5.41, 5.74) is 3.53. The molecule has 0 saturated heterocycles. The van der Waals surface area contributed by atoms with E-state index in [9.17, 15) is 0 Å². The lowest BCUT2D eigenvalue weighted by Crippen LogP contribution is -2.18. The highest BCUT2D eigenvalue weighted by molar-refractivity contribution is 5.47. The summed E-state index contributed by atoms with van der Waals surface area (Å²) in [5, 5.41) is 0. The third kappa shape index (κ3) is 3.82. The second-order valence-electron chi connectivity index (χ2n) is 5.63. The Morgan fingerprint density at radius 3 is 2.65 bits per heavy atom. The number of nitrogens with two attached hydrogens (primary N) is 1. The minimum absolute atomic E-state index is 0.669. The zero-order chi connectivity index (χ0) is 14.4. The maximum absolute atomic E-state index is 5.96. The van der Waals surface area contributed by atoms with Crippen LogP contribution < -0.4 is 16.0 Å². The van der Waals surface area contributed by atoms with Gasteiger partial charge in [-0.3, -0.25) is 0 Å². The highest BCUT2D eigenvalue weighted by Gasteiger charge is 2.16. The van der Waals surface area contributed by atoms with Gasteiger partial charge in [0.25, 0.3) is 0 Å². The predicted octanol–water partition coefficient (Wildman–Crippen LogP) is 2.98. The standard InChI is InChI=1S/C15H26N4O/c1-3-7-13-17-14(19-16)11(2)15(18-13)20-10-12-8-5-4-6-9-12/h12H,3-10,16H2,1-2H3,(H,17,18,19). The molecule has 0 amide bonds. The number of rotatable bonds is 6. The molecular weight excluding hydrogens is 252 g/mol. The van der Waals surface area contributed by atoms with E-state index in [0.29, 0.717) is 17.6 Å². The van der Waals surface area contributed by atoms with E-state index in [1.54, 1.807) is 0 Å². The lowest BCUT2D eigenvalue weighted by atomic mass is 9.90. The molecule has 1 aliphatic carbocycles. The first-order chi connectivity index (χ1) is 9.74. The predicted molar refractivity (Wildman–Crippen MR) is 80.6 cm³/mol. The molecule has 20 heavy (non-hydrogen) atoms. The van der Waals surface area contributed by atoms with Crippen molar-refractivity contribution in [2.75, 3.05) is 12.0 Å². The average molecular weight is 278 g/mol. The van der Waals surface area contributed by atoms with Crippen LogP contribution in [0.5, 0.6) is 5.88 Å². The molecule has 0 aromatic carbocycles. The Bertz CT molecular complexity index is 430. The number of aryl methyl sites for hydroxylation is 1. The van der Waals surface area contributed by atoms with Gasteiger partial charge < -0.3 is 10.2 Å². The largest absolute Gasteiger partial charge is 0.477 e. The Balaban J connectivity index is 2.06. The number of nitrogens with one attached hydrogen (secondary N) is 1. The Morgan fingerprint density at radius 1 is 1.25 bits per heavy atom. The normalized spacial score (nSPS) is 16.1. The van der Waals surface area contributed by atoms with Gasteiger partial charge in [0.1, 0.15) is 11.6 Å². The Morgan fingerprint density at radius 2 is 2.00 bits per heavy atom. The van der Waals surface area contributed by atoms with Crippen molar-refractivity contribution in [3.63, 3.8) is 0 Å². The summed E-state index contributed by atoms with van der Waals surface area (Å²) >= 11 is 0. The summed E-state index contributed by atoms with van der Waals surface area (Å²) in [4.78, 5) is 8.93. The van der Waals surface area contributed by atoms with Gasteiger partial charge in [0, 0.05) is 6.42 Å². The molecule has 1 heterocycles. The Kier molecular flexibility index (Phi) is 5.59. The molecular formula is C15H26N4O. The van der Waals surface area contributed by atoms with Gasteiger partial charge in [-0.2, -0.15) is 4.98 Å². The molecule has 0 spiro atoms. The van der Waals surface area contributed by atoms with E-state index in [0.717, 1.165) is 30.8 Å². The summed E-state index contributed by atoms with van der Waals surface area (Å²) in [6, 6.07) is 0. The van der Waals surface area contributed by atoms with E-state index in [4.69, 9.17) is 10.6 Å². The molecule has 1 aromatic heterocycles. The number of aromatic nitrogens is 2. The van der Waals surface area contributed by atoms with Crippen LogP contribution in [0.4, 0.5) is 5.82 Å². The van der Waals surface area contributed by atoms with Crippen LogP contribution in [0.15, 0.2) is 0 Å². The number of hydrazine groups is 1. The van der Waals surface area contributed by atoms with E-state index < -0.39 is 0 Å². The number of nitrogens with zero attached hydrogens (tertiary/aromatic N) is 2. The summed E-state index contributed by atoms with van der Waals surface area (Å²) in [6.45, 7) is 4.82. The highest BCUT2D eigenvalue weighted by atomic mass is 16.5. The van der Waals surface area contributed by atoms with Crippen LogP contribution in [0.3, 0.4) is 0 Å². The van der Waals surface area contributed by atoms with Gasteiger partial charge in [-0.15, -0.1) is 0 Å². The fourth-order valence-corrected chi connectivity index (χ4v) is 2.71. The number of ether oxygens (including phenoxy) is 1. The fourth-order valence-electron chi connectivity index (χ4n) is 2.71. The minimum Gasteiger partial charge on any atom is -0.477 e. The van der Waals surface area contributed by atoms with Gasteiger partial charge in [0.2, 0.25) is 5.88 Å². The smallest absolute Gasteiger partial charge is 0.221 e. The number of anilines is 1. The molecule has 5 nitrogen and oxygen atoms in total. The van der Waals surface area contributed by atoms with Crippen molar-refractivity contribution in [2.45, 2.75) is 58.8 Å². The van der Waals surface area contributed by atoms with Gasteiger partial charge in [-0.25, -0.2) is 10.8 Å². The summed E-state index contributed by atoms with van der Waals surface area (Å²) in [7, 11) is 0. The third-order valence-electron chi connectivity index (χ3n) is 3.94. The fraction of sp³-hybridized carbons (Fsp3) is 0.733. The monoisotopic (exact) mass is 278 g/mol. The molecule has 1 saturated carbocycles. The van der Waals surface area contributed by atoms with Crippen molar-refractivity contribution >= 4 is 5.82 Å². The SMILES string of the molecule is CCCc1nc(NN)c(C)c(OCC2CCCCC2)n1. The highest BCUT2D eigenvalue weighted by Crippen LogP contribution is 2.26. The van der Waals surface area contributed by atoms with Crippen molar-refractivity contribution in [1.82, 2.24) is 9.97 Å². The second-order valence-corrected chi connectivity index (χ2v) is 5.63. The number of nitrogen functional groups attached to an aromatic ring is 1. The van der Waals surface area contributed by atoms with E-state index in [-0.39, 0.29) is 0 Å². The molecule has 112 valence electrons. The maximum atomic E-state index is 5.96. The molecule has 2 rings (SSSR count). The van der Waals surface area contributed by atoms with Gasteiger partial charge >= 0.3 is 0 Å². The molecule has 5 heteroatoms. The van der Waals surface area contributed by atoms with Crippen LogP contribution in [0.2, 0.25) is 0 Å². The van der Waals surface area contributed by atoms with Crippen molar-refractivity contribution in [1.29, 1.82) is 0 Å². The van der Waals surface area contributed by atoms with E-state index in [2.05, 4.69) is 22.3 Å². The van der Waals surface area contributed by atoms with Crippen LogP contribution in [0, 0.1) is 12.8 Å². The molecule has 1 aromatic rings. The van der Waals surface area contributed by atoms with Crippen LogP contribution in [0.1, 0.15) is 56.8 Å². The molecule has 0 bridgehead atoms. The molecule has 1 aliphatic rings. The van der Waals surface area contributed by atoms with E-state index >= 15 is 0 Å². The zero-order valence-corrected chi connectivity index (χ0v) is 12.6. The zero-order valence-electron chi connectivity index (χ0n) is 12.6. The summed E-state index contributed by atoms with van der Waals surface area (Å²) in [6.07, 6.45) is 8.41. The lowest BCUT2D eigenvalue weighted by molar-refractivity contribution is 0.201. The van der Waals surface area contributed by atoms with Crippen molar-refractivity contribution in [3.8, 4) is 5.88 Å². The molecule has 0 unspecified atom stereocenters. The molecule has 0 radical (unpaired) electrons. The lowest BCUT2D eigenvalue weighted by Gasteiger charge is -2.22. The van der Waals surface area contributed by atoms with Crippen LogP contribution in [-0.2, 0) is 6.42 Å². The van der Waals surface area contributed by atoms with Crippen molar-refractivity contribution in [2.24, 2.45) is 11.8 Å². The van der Waals surface area contributed by atoms with Crippen LogP contribution in [0.25, 0.3) is 0 Å². The third-order valence-corrected chi connectivity index (χ3v) is 3.94. The van der Waals surface area contributed by atoms with Crippen molar-refractivity contribution < 1.29 is 4.74 Å². The average Bonchev–Trinajstić information content (AvgIpc) is 2.48. The van der Waals surface area contributed by atoms with Gasteiger partial charge in [-0.05, 0) is 32.1 Å². The van der Waals surface area contributed by atoms with Gasteiger partial charge in [0.15, 0.2) is 0 Å². The topological polar surface area (TPSA) is 73.1 Å². The molecule has 0 aliphatic heterocycles. The molecule has 3 N–H and O–H groups in total. The van der Waals surface area contributed by atoms with E-state index in [1.807, 2.05) is 6.92 Å². The minimum atomic E-state index is 0.669. The quantitative estimate of drug-likeness (QED) is 0.618. The first-order valence-corrected chi connectivity index (χ1v) is 7.71. The number of hydrogen-bond acceptors (Lipinski definition) is 5. The summed E-state index contributed by atoms with van der Waals surface area (Å²) < 4.78 is 5.96. The number of hydrogen-bond donors (Lipinski definition) is 2. The van der Waals surface area contributed by atoms with Crippen LogP contribution in [-0.4, -0.2) is 16.6 Å². The summed E-state index contributed by atoms with van der Waals surface area (Å²) in [5.74, 6) is 8.34. The maximum Gasteiger partial charge on any atom is 0.221 e. The first kappa shape index (κ1) is 15.0. The van der Waals surface area contributed by atoms with Crippen LogP contribution >= 0.6 is 0 Å². The first-order valence-electron chi connectivity index (χ1n) is 7.71. The van der Waals surface area contributed by atoms with Gasteiger partial charge in [0.05, 0.1) is 12.2 Å². The molecule has 1 fully saturated rings. The molecule has 0 atom stereocenters. The Hall–Kier alpha value is -1.36.